The topological polar surface area (TPSA) is 80.7 Å². The summed E-state index contributed by atoms with van der Waals surface area (Å²) >= 11 is 6.10. The summed E-state index contributed by atoms with van der Waals surface area (Å²) in [6.07, 6.45) is 1.69. The molecule has 1 aromatic carbocycles. The van der Waals surface area contributed by atoms with E-state index in [1.165, 1.54) is 0 Å². The third-order valence-corrected chi connectivity index (χ3v) is 2.81. The number of amidine groups is 1. The smallest absolute Gasteiger partial charge is 0.170 e. The second-order valence-electron chi connectivity index (χ2n) is 3.82. The monoisotopic (exact) mass is 277 g/mol. The van der Waals surface area contributed by atoms with Crippen molar-refractivity contribution in [2.45, 2.75) is 6.92 Å². The lowest BCUT2D eigenvalue weighted by atomic mass is 10.2. The van der Waals surface area contributed by atoms with Crippen LogP contribution in [0, 0.1) is 6.92 Å². The number of nitrogens with two attached hydrogens (primary N) is 1. The molecule has 3 N–H and O–H groups in total. The molecule has 0 atom stereocenters. The van der Waals surface area contributed by atoms with Gasteiger partial charge < -0.3 is 15.7 Å². The minimum absolute atomic E-state index is 0.00833. The van der Waals surface area contributed by atoms with E-state index in [4.69, 9.17) is 27.3 Å². The van der Waals surface area contributed by atoms with E-state index in [1.807, 2.05) is 6.92 Å². The van der Waals surface area contributed by atoms with E-state index < -0.39 is 0 Å². The predicted octanol–water partition coefficient (Wildman–Crippen LogP) is 2.93. The molecule has 6 heteroatoms. The Kier molecular flexibility index (Phi) is 3.87. The number of oxime groups is 1. The maximum absolute atomic E-state index is 8.60. The third-order valence-electron chi connectivity index (χ3n) is 2.51. The Morgan fingerprint density at radius 3 is 2.79 bits per heavy atom. The standard InChI is InChI=1S/C13H12ClN3O2/c1-8-11(3-2-6-16-8)19-12-5-4-9(7-10(12)14)13(15)17-18/h2-7,18H,1H3,(H2,15,17). The van der Waals surface area contributed by atoms with Gasteiger partial charge in [-0.05, 0) is 37.3 Å². The molecule has 1 aromatic heterocycles. The molecular weight excluding hydrogens is 266 g/mol. The lowest BCUT2D eigenvalue weighted by Gasteiger charge is -2.10. The van der Waals surface area contributed by atoms with Crippen molar-refractivity contribution < 1.29 is 9.94 Å². The zero-order valence-corrected chi connectivity index (χ0v) is 10.9. The molecule has 98 valence electrons. The van der Waals surface area contributed by atoms with Crippen molar-refractivity contribution >= 4 is 17.4 Å². The first-order chi connectivity index (χ1) is 9.11. The molecule has 0 bridgehead atoms. The Hall–Kier alpha value is -2.27. The fourth-order valence-electron chi connectivity index (χ4n) is 1.50. The summed E-state index contributed by atoms with van der Waals surface area (Å²) in [5.74, 6) is 1.10. The summed E-state index contributed by atoms with van der Waals surface area (Å²) in [5, 5.41) is 11.9. The SMILES string of the molecule is Cc1ncccc1Oc1ccc(C(N)=NO)cc1Cl. The minimum Gasteiger partial charge on any atom is -0.454 e. The molecule has 0 saturated carbocycles. The van der Waals surface area contributed by atoms with Crippen molar-refractivity contribution in [3.8, 4) is 11.5 Å². The van der Waals surface area contributed by atoms with Crippen molar-refractivity contribution in [3.63, 3.8) is 0 Å². The van der Waals surface area contributed by atoms with E-state index in [-0.39, 0.29) is 5.84 Å². The van der Waals surface area contributed by atoms with Crippen LogP contribution in [-0.4, -0.2) is 16.0 Å². The summed E-state index contributed by atoms with van der Waals surface area (Å²) in [6.45, 7) is 1.84. The molecule has 0 aliphatic heterocycles. The van der Waals surface area contributed by atoms with Gasteiger partial charge in [-0.25, -0.2) is 0 Å². The van der Waals surface area contributed by atoms with E-state index in [0.29, 0.717) is 22.1 Å². The number of nitrogens with zero attached hydrogens (tertiary/aromatic N) is 2. The molecule has 5 nitrogen and oxygen atoms in total. The van der Waals surface area contributed by atoms with Gasteiger partial charge in [-0.3, -0.25) is 4.98 Å². The number of hydrogen-bond acceptors (Lipinski definition) is 4. The van der Waals surface area contributed by atoms with Crippen LogP contribution in [0.4, 0.5) is 0 Å². The van der Waals surface area contributed by atoms with Gasteiger partial charge >= 0.3 is 0 Å². The number of benzene rings is 1. The normalized spacial score (nSPS) is 11.4. The zero-order valence-electron chi connectivity index (χ0n) is 10.2. The van der Waals surface area contributed by atoms with E-state index in [0.717, 1.165) is 5.69 Å². The third kappa shape index (κ3) is 2.95. The maximum atomic E-state index is 8.60. The lowest BCUT2D eigenvalue weighted by Crippen LogP contribution is -2.12. The summed E-state index contributed by atoms with van der Waals surface area (Å²) in [7, 11) is 0. The molecule has 0 amide bonds. The average Bonchev–Trinajstić information content (AvgIpc) is 2.42. The first-order valence-electron chi connectivity index (χ1n) is 5.48. The van der Waals surface area contributed by atoms with Gasteiger partial charge in [0.05, 0.1) is 10.7 Å². The largest absolute Gasteiger partial charge is 0.454 e. The molecule has 0 saturated heterocycles. The van der Waals surface area contributed by atoms with Crippen LogP contribution in [0.1, 0.15) is 11.3 Å². The van der Waals surface area contributed by atoms with Crippen molar-refractivity contribution in [2.24, 2.45) is 10.9 Å². The van der Waals surface area contributed by atoms with Crippen LogP contribution in [0.5, 0.6) is 11.5 Å². The van der Waals surface area contributed by atoms with E-state index in [1.54, 1.807) is 36.5 Å². The molecule has 0 aliphatic carbocycles. The maximum Gasteiger partial charge on any atom is 0.170 e. The first-order valence-corrected chi connectivity index (χ1v) is 5.86. The first kappa shape index (κ1) is 13.2. The molecule has 2 rings (SSSR count). The molecule has 0 radical (unpaired) electrons. The summed E-state index contributed by atoms with van der Waals surface area (Å²) in [5.41, 5.74) is 6.76. The Balaban J connectivity index is 2.30. The summed E-state index contributed by atoms with van der Waals surface area (Å²) < 4.78 is 5.67. The quantitative estimate of drug-likeness (QED) is 0.391. The fourth-order valence-corrected chi connectivity index (χ4v) is 1.72. The number of hydrogen-bond donors (Lipinski definition) is 2. The number of aromatic nitrogens is 1. The molecule has 2 aromatic rings. The highest BCUT2D eigenvalue weighted by atomic mass is 35.5. The summed E-state index contributed by atoms with van der Waals surface area (Å²) in [4.78, 5) is 4.12. The lowest BCUT2D eigenvalue weighted by molar-refractivity contribution is 0.318. The Morgan fingerprint density at radius 1 is 1.37 bits per heavy atom. The fraction of sp³-hybridized carbons (Fsp3) is 0.0769. The van der Waals surface area contributed by atoms with Crippen molar-refractivity contribution in [1.82, 2.24) is 4.98 Å². The van der Waals surface area contributed by atoms with Gasteiger partial charge in [-0.15, -0.1) is 0 Å². The highest BCUT2D eigenvalue weighted by Crippen LogP contribution is 2.31. The van der Waals surface area contributed by atoms with Crippen LogP contribution < -0.4 is 10.5 Å². The van der Waals surface area contributed by atoms with Crippen LogP contribution in [0.2, 0.25) is 5.02 Å². The Morgan fingerprint density at radius 2 is 2.16 bits per heavy atom. The van der Waals surface area contributed by atoms with Gasteiger partial charge in [0.15, 0.2) is 5.84 Å². The number of pyridine rings is 1. The van der Waals surface area contributed by atoms with E-state index >= 15 is 0 Å². The molecule has 19 heavy (non-hydrogen) atoms. The molecule has 1 heterocycles. The summed E-state index contributed by atoms with van der Waals surface area (Å²) in [6, 6.07) is 8.46. The van der Waals surface area contributed by atoms with Gasteiger partial charge in [0, 0.05) is 11.8 Å². The van der Waals surface area contributed by atoms with Gasteiger partial charge in [0.1, 0.15) is 11.5 Å². The predicted molar refractivity (Wildman–Crippen MR) is 73.0 cm³/mol. The molecular formula is C13H12ClN3O2. The Bertz CT molecular complexity index is 629. The second-order valence-corrected chi connectivity index (χ2v) is 4.23. The number of halogens is 1. The van der Waals surface area contributed by atoms with Gasteiger partial charge in [-0.2, -0.15) is 0 Å². The molecule has 0 unspecified atom stereocenters. The van der Waals surface area contributed by atoms with Crippen LogP contribution in [-0.2, 0) is 0 Å². The van der Waals surface area contributed by atoms with Crippen LogP contribution in [0.15, 0.2) is 41.7 Å². The van der Waals surface area contributed by atoms with E-state index in [2.05, 4.69) is 10.1 Å². The zero-order chi connectivity index (χ0) is 13.8. The highest BCUT2D eigenvalue weighted by molar-refractivity contribution is 6.32. The number of ether oxygens (including phenoxy) is 1. The minimum atomic E-state index is -0.00833. The molecule has 0 fully saturated rings. The van der Waals surface area contributed by atoms with Gasteiger partial charge in [0.2, 0.25) is 0 Å². The van der Waals surface area contributed by atoms with Crippen LogP contribution in [0.3, 0.4) is 0 Å². The van der Waals surface area contributed by atoms with Crippen molar-refractivity contribution in [3.05, 3.63) is 52.8 Å². The highest BCUT2D eigenvalue weighted by Gasteiger charge is 2.08. The number of rotatable bonds is 3. The van der Waals surface area contributed by atoms with Crippen molar-refractivity contribution in [2.75, 3.05) is 0 Å². The Labute approximate surface area is 115 Å². The van der Waals surface area contributed by atoms with E-state index in [9.17, 15) is 0 Å². The van der Waals surface area contributed by atoms with Gasteiger partial charge in [0.25, 0.3) is 0 Å². The molecule has 0 aliphatic rings. The van der Waals surface area contributed by atoms with Gasteiger partial charge in [-0.1, -0.05) is 16.8 Å². The van der Waals surface area contributed by atoms with Crippen molar-refractivity contribution in [1.29, 1.82) is 0 Å². The number of aryl methyl sites for hydroxylation is 1. The van der Waals surface area contributed by atoms with Crippen LogP contribution >= 0.6 is 11.6 Å². The molecule has 0 spiro atoms. The van der Waals surface area contributed by atoms with Crippen LogP contribution in [0.25, 0.3) is 0 Å². The second kappa shape index (κ2) is 5.58. The average molecular weight is 278 g/mol.